The second-order valence-corrected chi connectivity index (χ2v) is 5.55. The van der Waals surface area contributed by atoms with Crippen LogP contribution in [0.25, 0.3) is 0 Å². The molecule has 2 atom stereocenters. The zero-order valence-electron chi connectivity index (χ0n) is 11.3. The van der Waals surface area contributed by atoms with Crippen molar-refractivity contribution in [2.75, 3.05) is 7.11 Å². The number of epoxide rings is 1. The highest BCUT2D eigenvalue weighted by molar-refractivity contribution is 6.31. The summed E-state index contributed by atoms with van der Waals surface area (Å²) in [6, 6.07) is 4.06. The van der Waals surface area contributed by atoms with Gasteiger partial charge in [0, 0.05) is 10.6 Å². The van der Waals surface area contributed by atoms with Gasteiger partial charge in [0.1, 0.15) is 11.4 Å². The molecule has 0 aliphatic carbocycles. The molecular formula is C14H16ClFO3. The summed E-state index contributed by atoms with van der Waals surface area (Å²) in [5.41, 5.74) is -1.36. The number of hydrogen-bond acceptors (Lipinski definition) is 3. The number of benzene rings is 1. The van der Waals surface area contributed by atoms with Gasteiger partial charge in [0.05, 0.1) is 7.11 Å². The van der Waals surface area contributed by atoms with E-state index >= 15 is 0 Å². The smallest absolute Gasteiger partial charge is 0.341 e. The average Bonchev–Trinajstić information content (AvgIpc) is 2.97. The molecule has 1 heterocycles. The van der Waals surface area contributed by atoms with Crippen molar-refractivity contribution in [3.63, 3.8) is 0 Å². The summed E-state index contributed by atoms with van der Waals surface area (Å²) in [5, 5.41) is 0.244. The number of halogens is 2. The number of carbonyl (C=O) groups is 1. The van der Waals surface area contributed by atoms with E-state index in [1.165, 1.54) is 19.2 Å². The zero-order valence-corrected chi connectivity index (χ0v) is 12.0. The molecule has 0 radical (unpaired) electrons. The van der Waals surface area contributed by atoms with Crippen molar-refractivity contribution < 1.29 is 18.7 Å². The topological polar surface area (TPSA) is 38.8 Å². The highest BCUT2D eigenvalue weighted by Gasteiger charge is 2.75. The molecule has 1 aliphatic rings. The molecular weight excluding hydrogens is 271 g/mol. The molecule has 2 unspecified atom stereocenters. The van der Waals surface area contributed by atoms with E-state index in [4.69, 9.17) is 21.1 Å². The van der Waals surface area contributed by atoms with E-state index in [1.807, 2.05) is 13.8 Å². The molecule has 1 aromatic rings. The molecule has 1 fully saturated rings. The second-order valence-electron chi connectivity index (χ2n) is 5.14. The fraction of sp³-hybridized carbons (Fsp3) is 0.500. The van der Waals surface area contributed by atoms with Crippen LogP contribution < -0.4 is 0 Å². The van der Waals surface area contributed by atoms with E-state index in [0.29, 0.717) is 5.56 Å². The quantitative estimate of drug-likeness (QED) is 0.632. The van der Waals surface area contributed by atoms with Crippen LogP contribution in [0.2, 0.25) is 5.02 Å². The van der Waals surface area contributed by atoms with Gasteiger partial charge >= 0.3 is 5.97 Å². The first-order chi connectivity index (χ1) is 8.79. The predicted molar refractivity (Wildman–Crippen MR) is 69.4 cm³/mol. The van der Waals surface area contributed by atoms with Gasteiger partial charge in [0.15, 0.2) is 0 Å². The third-order valence-corrected chi connectivity index (χ3v) is 4.09. The summed E-state index contributed by atoms with van der Waals surface area (Å²) in [4.78, 5) is 12.0. The highest BCUT2D eigenvalue weighted by atomic mass is 35.5. The van der Waals surface area contributed by atoms with Crippen LogP contribution in [0.3, 0.4) is 0 Å². The normalized spacial score (nSPS) is 29.4. The number of carbonyl (C=O) groups excluding carboxylic acids is 1. The van der Waals surface area contributed by atoms with Crippen LogP contribution in [0.15, 0.2) is 18.2 Å². The van der Waals surface area contributed by atoms with Crippen molar-refractivity contribution in [3.05, 3.63) is 34.6 Å². The van der Waals surface area contributed by atoms with Crippen molar-refractivity contribution in [1.82, 2.24) is 0 Å². The summed E-state index contributed by atoms with van der Waals surface area (Å²) >= 11 is 6.06. The molecule has 0 N–H and O–H groups in total. The lowest BCUT2D eigenvalue weighted by atomic mass is 9.80. The zero-order chi connectivity index (χ0) is 14.4. The standard InChI is InChI=1S/C14H16ClFO3/c1-8(2)14(12(17)18-4)13(3,19-14)10-6-5-9(16)7-11(10)15/h5-8H,1-4H3. The molecule has 104 valence electrons. The number of methoxy groups -OCH3 is 1. The highest BCUT2D eigenvalue weighted by Crippen LogP contribution is 2.61. The van der Waals surface area contributed by atoms with Crippen LogP contribution in [0, 0.1) is 11.7 Å². The third kappa shape index (κ3) is 1.85. The minimum absolute atomic E-state index is 0.0916. The minimum Gasteiger partial charge on any atom is -0.467 e. The maximum absolute atomic E-state index is 13.1. The number of hydrogen-bond donors (Lipinski definition) is 0. The van der Waals surface area contributed by atoms with E-state index in [1.54, 1.807) is 13.0 Å². The van der Waals surface area contributed by atoms with Crippen molar-refractivity contribution >= 4 is 17.6 Å². The van der Waals surface area contributed by atoms with Crippen LogP contribution in [0.5, 0.6) is 0 Å². The van der Waals surface area contributed by atoms with Crippen LogP contribution >= 0.6 is 11.6 Å². The monoisotopic (exact) mass is 286 g/mol. The SMILES string of the molecule is COC(=O)C1(C(C)C)OC1(C)c1ccc(F)cc1Cl. The van der Waals surface area contributed by atoms with Gasteiger partial charge in [0.25, 0.3) is 0 Å². The maximum Gasteiger partial charge on any atom is 0.341 e. The number of esters is 1. The lowest BCUT2D eigenvalue weighted by Crippen LogP contribution is -2.37. The Morgan fingerprint density at radius 1 is 1.47 bits per heavy atom. The van der Waals surface area contributed by atoms with E-state index in [-0.39, 0.29) is 10.9 Å². The van der Waals surface area contributed by atoms with Gasteiger partial charge < -0.3 is 9.47 Å². The van der Waals surface area contributed by atoms with Gasteiger partial charge in [-0.1, -0.05) is 31.5 Å². The molecule has 0 amide bonds. The Hall–Kier alpha value is -1.13. The van der Waals surface area contributed by atoms with Crippen LogP contribution in [-0.2, 0) is 19.9 Å². The van der Waals surface area contributed by atoms with Crippen molar-refractivity contribution in [1.29, 1.82) is 0 Å². The van der Waals surface area contributed by atoms with Gasteiger partial charge in [-0.3, -0.25) is 0 Å². The van der Waals surface area contributed by atoms with Gasteiger partial charge in [-0.05, 0) is 25.0 Å². The summed E-state index contributed by atoms with van der Waals surface area (Å²) in [6.07, 6.45) is 0. The Morgan fingerprint density at radius 3 is 2.58 bits per heavy atom. The van der Waals surface area contributed by atoms with Crippen molar-refractivity contribution in [2.45, 2.75) is 32.0 Å². The molecule has 0 bridgehead atoms. The molecule has 3 nitrogen and oxygen atoms in total. The Labute approximate surface area is 116 Å². The summed E-state index contributed by atoms with van der Waals surface area (Å²) < 4.78 is 23.7. The predicted octanol–water partition coefficient (Wildman–Crippen LogP) is 3.29. The van der Waals surface area contributed by atoms with E-state index in [2.05, 4.69) is 0 Å². The molecule has 0 aromatic heterocycles. The van der Waals surface area contributed by atoms with Crippen LogP contribution in [-0.4, -0.2) is 18.7 Å². The number of ether oxygens (including phenoxy) is 2. The molecule has 19 heavy (non-hydrogen) atoms. The first kappa shape index (κ1) is 14.3. The van der Waals surface area contributed by atoms with Gasteiger partial charge in [0.2, 0.25) is 5.60 Å². The van der Waals surface area contributed by atoms with Crippen LogP contribution in [0.4, 0.5) is 4.39 Å². The first-order valence-electron chi connectivity index (χ1n) is 6.03. The molecule has 0 saturated carbocycles. The fourth-order valence-electron chi connectivity index (χ4n) is 2.72. The summed E-state index contributed by atoms with van der Waals surface area (Å²) in [5.74, 6) is -0.956. The summed E-state index contributed by atoms with van der Waals surface area (Å²) in [6.45, 7) is 5.52. The molecule has 1 saturated heterocycles. The summed E-state index contributed by atoms with van der Waals surface area (Å²) in [7, 11) is 1.32. The molecule has 1 aromatic carbocycles. The number of rotatable bonds is 3. The Kier molecular flexibility index (Phi) is 3.35. The maximum atomic E-state index is 13.1. The lowest BCUT2D eigenvalue weighted by molar-refractivity contribution is -0.148. The minimum atomic E-state index is -1.07. The van der Waals surface area contributed by atoms with Crippen LogP contribution in [0.1, 0.15) is 26.3 Å². The van der Waals surface area contributed by atoms with Crippen molar-refractivity contribution in [2.24, 2.45) is 5.92 Å². The van der Waals surface area contributed by atoms with E-state index in [0.717, 1.165) is 0 Å². The third-order valence-electron chi connectivity index (χ3n) is 3.78. The average molecular weight is 287 g/mol. The van der Waals surface area contributed by atoms with E-state index in [9.17, 15) is 9.18 Å². The largest absolute Gasteiger partial charge is 0.467 e. The molecule has 1 aliphatic heterocycles. The second kappa shape index (κ2) is 4.46. The first-order valence-corrected chi connectivity index (χ1v) is 6.41. The van der Waals surface area contributed by atoms with Gasteiger partial charge in [-0.15, -0.1) is 0 Å². The molecule has 5 heteroatoms. The lowest BCUT2D eigenvalue weighted by Gasteiger charge is -2.19. The molecule has 2 rings (SSSR count). The Balaban J connectivity index is 2.48. The molecule has 0 spiro atoms. The Bertz CT molecular complexity index is 531. The van der Waals surface area contributed by atoms with Crippen molar-refractivity contribution in [3.8, 4) is 0 Å². The van der Waals surface area contributed by atoms with E-state index < -0.39 is 23.0 Å². The Morgan fingerprint density at radius 2 is 2.11 bits per heavy atom. The van der Waals surface area contributed by atoms with Gasteiger partial charge in [-0.25, -0.2) is 9.18 Å². The fourth-order valence-corrected chi connectivity index (χ4v) is 3.07. The van der Waals surface area contributed by atoms with Gasteiger partial charge in [-0.2, -0.15) is 0 Å².